The summed E-state index contributed by atoms with van der Waals surface area (Å²) in [6.07, 6.45) is 3.83. The fraction of sp³-hybridized carbons (Fsp3) is 0.136. The van der Waals surface area contributed by atoms with Gasteiger partial charge in [0.2, 0.25) is 10.0 Å². The number of ether oxygens (including phenoxy) is 2. The van der Waals surface area contributed by atoms with E-state index in [-0.39, 0.29) is 22.2 Å². The van der Waals surface area contributed by atoms with Gasteiger partial charge in [0.1, 0.15) is 22.6 Å². The maximum absolute atomic E-state index is 14.0. The molecule has 176 valence electrons. The smallest absolute Gasteiger partial charge is 0.241 e. The molecule has 0 saturated carbocycles. The Balaban J connectivity index is 1.71. The van der Waals surface area contributed by atoms with Gasteiger partial charge in [0.05, 0.1) is 25.2 Å². The summed E-state index contributed by atoms with van der Waals surface area (Å²) >= 11 is 0. The van der Waals surface area contributed by atoms with Gasteiger partial charge in [-0.1, -0.05) is 6.07 Å². The molecule has 0 aliphatic heterocycles. The Morgan fingerprint density at radius 3 is 2.44 bits per heavy atom. The van der Waals surface area contributed by atoms with Gasteiger partial charge in [0.25, 0.3) is 0 Å². The average Bonchev–Trinajstić information content (AvgIpc) is 3.34. The lowest BCUT2D eigenvalue weighted by Crippen LogP contribution is -2.13. The topological polar surface area (TPSA) is 148 Å². The summed E-state index contributed by atoms with van der Waals surface area (Å²) in [4.78, 5) is 5.35. The maximum Gasteiger partial charge on any atom is 0.241 e. The third-order valence-corrected chi connectivity index (χ3v) is 5.98. The molecule has 0 spiro atoms. The van der Waals surface area contributed by atoms with E-state index in [1.54, 1.807) is 25.1 Å². The standard InChI is InChI=1S/C22H21FN6O4S/c1-13(17-11-16(23)4-5-18(17)29-27-7-8-28-29)33-20-9-15(12-26-22(20)24)14-3-6-19(32-2)21(10-14)34(25,30)31/h3-13H,1-2H3,(H2,24,26)(H2,25,30,31)/t13-/m1/s1. The zero-order chi connectivity index (χ0) is 24.5. The highest BCUT2D eigenvalue weighted by molar-refractivity contribution is 7.89. The van der Waals surface area contributed by atoms with E-state index in [1.807, 2.05) is 0 Å². The minimum atomic E-state index is -4.03. The molecular formula is C22H21FN6O4S. The largest absolute Gasteiger partial charge is 0.495 e. The Bertz CT molecular complexity index is 1440. The first kappa shape index (κ1) is 23.1. The molecule has 0 amide bonds. The van der Waals surface area contributed by atoms with E-state index in [0.717, 1.165) is 0 Å². The van der Waals surface area contributed by atoms with E-state index in [9.17, 15) is 12.8 Å². The van der Waals surface area contributed by atoms with Gasteiger partial charge >= 0.3 is 0 Å². The van der Waals surface area contributed by atoms with E-state index in [2.05, 4.69) is 15.2 Å². The van der Waals surface area contributed by atoms with Gasteiger partial charge < -0.3 is 15.2 Å². The van der Waals surface area contributed by atoms with Gasteiger partial charge in [0.15, 0.2) is 11.6 Å². The summed E-state index contributed by atoms with van der Waals surface area (Å²) in [5, 5.41) is 13.5. The lowest BCUT2D eigenvalue weighted by molar-refractivity contribution is 0.226. The highest BCUT2D eigenvalue weighted by atomic mass is 32.2. The number of hydrogen-bond acceptors (Lipinski definition) is 8. The highest BCUT2D eigenvalue weighted by Gasteiger charge is 2.20. The van der Waals surface area contributed by atoms with Gasteiger partial charge in [-0.2, -0.15) is 15.0 Å². The molecule has 0 unspecified atom stereocenters. The molecule has 0 radical (unpaired) electrons. The summed E-state index contributed by atoms with van der Waals surface area (Å²) in [6, 6.07) is 10.3. The van der Waals surface area contributed by atoms with Crippen molar-refractivity contribution in [3.63, 3.8) is 0 Å². The van der Waals surface area contributed by atoms with Crippen molar-refractivity contribution in [1.29, 1.82) is 0 Å². The predicted molar refractivity (Wildman–Crippen MR) is 122 cm³/mol. The Labute approximate surface area is 195 Å². The molecule has 0 saturated heterocycles. The number of pyridine rings is 1. The second-order valence-corrected chi connectivity index (χ2v) is 8.83. The van der Waals surface area contributed by atoms with Crippen LogP contribution in [0.15, 0.2) is 66.0 Å². The number of hydrogen-bond donors (Lipinski definition) is 2. The molecule has 2 aromatic heterocycles. The molecule has 1 atom stereocenters. The summed E-state index contributed by atoms with van der Waals surface area (Å²) in [6.45, 7) is 1.72. The molecule has 0 bridgehead atoms. The Morgan fingerprint density at radius 1 is 1.03 bits per heavy atom. The lowest BCUT2D eigenvalue weighted by Gasteiger charge is -2.19. The van der Waals surface area contributed by atoms with Gasteiger partial charge in [-0.25, -0.2) is 22.9 Å². The van der Waals surface area contributed by atoms with E-state index >= 15 is 0 Å². The molecule has 0 aliphatic carbocycles. The Kier molecular flexibility index (Phi) is 6.18. The number of nitrogens with zero attached hydrogens (tertiary/aromatic N) is 4. The predicted octanol–water partition coefficient (Wildman–Crippen LogP) is 2.85. The third-order valence-electron chi connectivity index (χ3n) is 5.05. The fourth-order valence-corrected chi connectivity index (χ4v) is 4.14. The SMILES string of the molecule is COc1ccc(-c2cnc(N)c(O[C@H](C)c3cc(F)ccc3-n3nccn3)c2)cc1S(N)(=O)=O. The number of benzene rings is 2. The summed E-state index contributed by atoms with van der Waals surface area (Å²) in [5.41, 5.74) is 8.08. The molecule has 2 aromatic carbocycles. The molecule has 4 aromatic rings. The summed E-state index contributed by atoms with van der Waals surface area (Å²) in [5.74, 6) is -0.00636. The number of primary sulfonamides is 1. The van der Waals surface area contributed by atoms with Crippen LogP contribution in [0.5, 0.6) is 11.5 Å². The molecule has 34 heavy (non-hydrogen) atoms. The number of rotatable bonds is 7. The van der Waals surface area contributed by atoms with E-state index in [0.29, 0.717) is 22.4 Å². The van der Waals surface area contributed by atoms with Gasteiger partial charge in [0, 0.05) is 17.3 Å². The first-order valence-electron chi connectivity index (χ1n) is 9.97. The number of nitrogens with two attached hydrogens (primary N) is 2. The molecule has 0 fully saturated rings. The van der Waals surface area contributed by atoms with E-state index in [4.69, 9.17) is 20.3 Å². The summed E-state index contributed by atoms with van der Waals surface area (Å²) in [7, 11) is -2.68. The Morgan fingerprint density at radius 2 is 1.76 bits per heavy atom. The molecule has 4 rings (SSSR count). The van der Waals surface area contributed by atoms with Crippen molar-refractivity contribution in [3.05, 3.63) is 72.4 Å². The van der Waals surface area contributed by atoms with Crippen molar-refractivity contribution in [1.82, 2.24) is 20.0 Å². The van der Waals surface area contributed by atoms with Crippen LogP contribution in [-0.2, 0) is 10.0 Å². The molecule has 4 N–H and O–H groups in total. The number of anilines is 1. The first-order chi connectivity index (χ1) is 16.2. The molecule has 12 heteroatoms. The quantitative estimate of drug-likeness (QED) is 0.407. The van der Waals surface area contributed by atoms with E-state index in [1.165, 1.54) is 54.8 Å². The van der Waals surface area contributed by atoms with Gasteiger partial charge in [-0.05, 0) is 48.9 Å². The van der Waals surface area contributed by atoms with Crippen molar-refractivity contribution in [2.24, 2.45) is 5.14 Å². The normalized spacial score (nSPS) is 12.4. The van der Waals surface area contributed by atoms with Crippen LogP contribution in [0.1, 0.15) is 18.6 Å². The van der Waals surface area contributed by atoms with Crippen molar-refractivity contribution < 1.29 is 22.3 Å². The van der Waals surface area contributed by atoms with Crippen LogP contribution in [0.4, 0.5) is 10.2 Å². The number of sulfonamides is 1. The van der Waals surface area contributed by atoms with Gasteiger partial charge in [-0.15, -0.1) is 0 Å². The zero-order valence-corrected chi connectivity index (χ0v) is 19.0. The maximum atomic E-state index is 14.0. The highest BCUT2D eigenvalue weighted by Crippen LogP contribution is 2.34. The molecule has 0 aliphatic rings. The first-order valence-corrected chi connectivity index (χ1v) is 11.5. The van der Waals surface area contributed by atoms with Crippen molar-refractivity contribution >= 4 is 15.8 Å². The van der Waals surface area contributed by atoms with Crippen LogP contribution >= 0.6 is 0 Å². The second-order valence-electron chi connectivity index (χ2n) is 7.30. The number of nitrogen functional groups attached to an aromatic ring is 1. The van der Waals surface area contributed by atoms with Gasteiger partial charge in [-0.3, -0.25) is 0 Å². The van der Waals surface area contributed by atoms with E-state index < -0.39 is 21.9 Å². The van der Waals surface area contributed by atoms with Crippen LogP contribution in [0.25, 0.3) is 16.8 Å². The Hall–Kier alpha value is -4.03. The number of methoxy groups -OCH3 is 1. The molecular weight excluding hydrogens is 463 g/mol. The third kappa shape index (κ3) is 4.67. The lowest BCUT2D eigenvalue weighted by atomic mass is 10.1. The molecule has 10 nitrogen and oxygen atoms in total. The van der Waals surface area contributed by atoms with Crippen molar-refractivity contribution in [2.45, 2.75) is 17.9 Å². The monoisotopic (exact) mass is 484 g/mol. The van der Waals surface area contributed by atoms with Crippen LogP contribution in [0.2, 0.25) is 0 Å². The number of aromatic nitrogens is 4. The second kappa shape index (κ2) is 9.08. The van der Waals surface area contributed by atoms with Crippen molar-refractivity contribution in [2.75, 3.05) is 12.8 Å². The van der Waals surface area contributed by atoms with Crippen LogP contribution in [0, 0.1) is 5.82 Å². The van der Waals surface area contributed by atoms with Crippen LogP contribution in [0.3, 0.4) is 0 Å². The van der Waals surface area contributed by atoms with Crippen LogP contribution in [-0.4, -0.2) is 35.5 Å². The minimum absolute atomic E-state index is 0.103. The van der Waals surface area contributed by atoms with Crippen LogP contribution < -0.4 is 20.3 Å². The fourth-order valence-electron chi connectivity index (χ4n) is 3.41. The number of halogens is 1. The zero-order valence-electron chi connectivity index (χ0n) is 18.2. The minimum Gasteiger partial charge on any atom is -0.495 e. The average molecular weight is 485 g/mol. The molecule has 2 heterocycles. The summed E-state index contributed by atoms with van der Waals surface area (Å²) < 4.78 is 49.1. The van der Waals surface area contributed by atoms with Crippen molar-refractivity contribution in [3.8, 4) is 28.3 Å².